The molecule has 0 heterocycles. The molecule has 0 unspecified atom stereocenters. The number of hydrogen-bond donors (Lipinski definition) is 1. The summed E-state index contributed by atoms with van der Waals surface area (Å²) in [6, 6.07) is 22.3. The van der Waals surface area contributed by atoms with Crippen molar-refractivity contribution in [3.63, 3.8) is 0 Å². The summed E-state index contributed by atoms with van der Waals surface area (Å²) in [6.45, 7) is 8.21. The third kappa shape index (κ3) is 3.85. The first-order valence-corrected chi connectivity index (χ1v) is 8.96. The van der Waals surface area contributed by atoms with Crippen LogP contribution >= 0.6 is 0 Å². The van der Waals surface area contributed by atoms with Crippen molar-refractivity contribution in [2.45, 2.75) is 33.7 Å². The molecule has 3 aromatic rings. The van der Waals surface area contributed by atoms with Gasteiger partial charge in [-0.2, -0.15) is 0 Å². The smallest absolute Gasteiger partial charge is 0.252 e. The molecule has 132 valence electrons. The third-order valence-corrected chi connectivity index (χ3v) is 4.77. The molecule has 0 fully saturated rings. The van der Waals surface area contributed by atoms with Gasteiger partial charge in [-0.25, -0.2) is 0 Å². The Bertz CT molecular complexity index is 928. The fourth-order valence-electron chi connectivity index (χ4n) is 3.41. The molecule has 0 spiro atoms. The Morgan fingerprint density at radius 1 is 0.769 bits per heavy atom. The quantitative estimate of drug-likeness (QED) is 0.671. The summed E-state index contributed by atoms with van der Waals surface area (Å²) in [5.74, 6) is -0.0451. The molecule has 0 radical (unpaired) electrons. The normalized spacial score (nSPS) is 11.8. The first kappa shape index (κ1) is 17.9. The monoisotopic (exact) mass is 343 g/mol. The Hall–Kier alpha value is -2.87. The van der Waals surface area contributed by atoms with Crippen molar-refractivity contribution in [1.82, 2.24) is 5.32 Å². The molecular formula is C24H25NO. The zero-order chi connectivity index (χ0) is 18.7. The van der Waals surface area contributed by atoms with E-state index in [1.54, 1.807) is 0 Å². The molecule has 1 N–H and O–H groups in total. The highest BCUT2D eigenvalue weighted by Crippen LogP contribution is 2.26. The number of aryl methyl sites for hydroxylation is 4. The van der Waals surface area contributed by atoms with E-state index in [0.717, 1.165) is 27.8 Å². The molecule has 1 atom stereocenters. The standard InChI is InChI=1S/C24H25NO/c1-16-10-12-21(18(3)14-16)23(20-8-6-5-7-9-20)25-24(26)22-13-11-17(2)15-19(22)4/h5-15,23H,1-4H3,(H,25,26)/t23-/m0/s1. The van der Waals surface area contributed by atoms with Crippen molar-refractivity contribution in [2.75, 3.05) is 0 Å². The Balaban J connectivity index is 2.00. The minimum atomic E-state index is -0.176. The fraction of sp³-hybridized carbons (Fsp3) is 0.208. The van der Waals surface area contributed by atoms with Crippen LogP contribution in [0.15, 0.2) is 66.7 Å². The molecule has 0 bridgehead atoms. The van der Waals surface area contributed by atoms with Crippen LogP contribution in [0.4, 0.5) is 0 Å². The van der Waals surface area contributed by atoms with Gasteiger partial charge in [-0.3, -0.25) is 4.79 Å². The van der Waals surface area contributed by atoms with Crippen LogP contribution in [-0.2, 0) is 0 Å². The van der Waals surface area contributed by atoms with Crippen LogP contribution < -0.4 is 5.32 Å². The number of nitrogens with one attached hydrogen (secondary N) is 1. The minimum Gasteiger partial charge on any atom is -0.341 e. The molecule has 26 heavy (non-hydrogen) atoms. The van der Waals surface area contributed by atoms with Crippen molar-refractivity contribution < 1.29 is 4.79 Å². The molecule has 0 aliphatic carbocycles. The zero-order valence-electron chi connectivity index (χ0n) is 15.8. The number of rotatable bonds is 4. The van der Waals surface area contributed by atoms with E-state index in [0.29, 0.717) is 0 Å². The van der Waals surface area contributed by atoms with Gasteiger partial charge in [-0.1, -0.05) is 71.8 Å². The number of amides is 1. The summed E-state index contributed by atoms with van der Waals surface area (Å²) < 4.78 is 0. The van der Waals surface area contributed by atoms with Gasteiger partial charge in [0.2, 0.25) is 0 Å². The van der Waals surface area contributed by atoms with E-state index in [1.165, 1.54) is 11.1 Å². The van der Waals surface area contributed by atoms with E-state index in [4.69, 9.17) is 0 Å². The van der Waals surface area contributed by atoms with E-state index in [2.05, 4.69) is 49.5 Å². The molecule has 0 aromatic heterocycles. The van der Waals surface area contributed by atoms with Crippen molar-refractivity contribution >= 4 is 5.91 Å². The largest absolute Gasteiger partial charge is 0.341 e. The summed E-state index contributed by atoms with van der Waals surface area (Å²) in [5, 5.41) is 3.25. The first-order valence-electron chi connectivity index (χ1n) is 8.96. The second kappa shape index (κ2) is 7.57. The number of carbonyl (C=O) groups is 1. The maximum absolute atomic E-state index is 13.0. The molecule has 3 aromatic carbocycles. The van der Waals surface area contributed by atoms with E-state index < -0.39 is 0 Å². The minimum absolute atomic E-state index is 0.0451. The molecule has 1 amide bonds. The van der Waals surface area contributed by atoms with Gasteiger partial charge in [0.15, 0.2) is 0 Å². The predicted octanol–water partition coefficient (Wildman–Crippen LogP) is 5.44. The van der Waals surface area contributed by atoms with Crippen LogP contribution in [-0.4, -0.2) is 5.91 Å². The Morgan fingerprint density at radius 2 is 1.38 bits per heavy atom. The number of benzene rings is 3. The molecule has 3 rings (SSSR count). The number of carbonyl (C=O) groups excluding carboxylic acids is 1. The Kier molecular flexibility index (Phi) is 5.22. The van der Waals surface area contributed by atoms with E-state index in [9.17, 15) is 4.79 Å². The summed E-state index contributed by atoms with van der Waals surface area (Å²) in [6.07, 6.45) is 0. The van der Waals surface area contributed by atoms with Crippen LogP contribution in [0.5, 0.6) is 0 Å². The van der Waals surface area contributed by atoms with Crippen molar-refractivity contribution in [1.29, 1.82) is 0 Å². The molecule has 0 aliphatic heterocycles. The molecule has 0 saturated carbocycles. The average molecular weight is 343 g/mol. The molecule has 2 heteroatoms. The SMILES string of the molecule is Cc1ccc(C(=O)N[C@@H](c2ccccc2)c2ccc(C)cc2C)c(C)c1. The Labute approximate surface area is 155 Å². The van der Waals surface area contributed by atoms with Gasteiger partial charge >= 0.3 is 0 Å². The summed E-state index contributed by atoms with van der Waals surface area (Å²) >= 11 is 0. The van der Waals surface area contributed by atoms with Gasteiger partial charge in [0.25, 0.3) is 5.91 Å². The maximum atomic E-state index is 13.0. The lowest BCUT2D eigenvalue weighted by Crippen LogP contribution is -2.30. The topological polar surface area (TPSA) is 29.1 Å². The highest BCUT2D eigenvalue weighted by atomic mass is 16.1. The van der Waals surface area contributed by atoms with Gasteiger partial charge in [-0.15, -0.1) is 0 Å². The highest BCUT2D eigenvalue weighted by molar-refractivity contribution is 5.96. The summed E-state index contributed by atoms with van der Waals surface area (Å²) in [4.78, 5) is 13.0. The fourth-order valence-corrected chi connectivity index (χ4v) is 3.41. The molecule has 2 nitrogen and oxygen atoms in total. The van der Waals surface area contributed by atoms with E-state index in [1.807, 2.05) is 50.2 Å². The van der Waals surface area contributed by atoms with Gasteiger partial charge < -0.3 is 5.32 Å². The second-order valence-corrected chi connectivity index (χ2v) is 7.00. The molecular weight excluding hydrogens is 318 g/mol. The number of hydrogen-bond acceptors (Lipinski definition) is 1. The molecule has 0 aliphatic rings. The lowest BCUT2D eigenvalue weighted by Gasteiger charge is -2.22. The van der Waals surface area contributed by atoms with Gasteiger partial charge in [0.1, 0.15) is 0 Å². The van der Waals surface area contributed by atoms with Crippen LogP contribution in [0.25, 0.3) is 0 Å². The lowest BCUT2D eigenvalue weighted by molar-refractivity contribution is 0.0942. The average Bonchev–Trinajstić information content (AvgIpc) is 2.61. The van der Waals surface area contributed by atoms with Crippen molar-refractivity contribution in [2.24, 2.45) is 0 Å². The Morgan fingerprint density at radius 3 is 2.00 bits per heavy atom. The zero-order valence-corrected chi connectivity index (χ0v) is 15.8. The van der Waals surface area contributed by atoms with Gasteiger partial charge in [0, 0.05) is 5.56 Å². The predicted molar refractivity (Wildman–Crippen MR) is 108 cm³/mol. The van der Waals surface area contributed by atoms with Crippen LogP contribution in [0.2, 0.25) is 0 Å². The van der Waals surface area contributed by atoms with E-state index in [-0.39, 0.29) is 11.9 Å². The van der Waals surface area contributed by atoms with Crippen LogP contribution in [0, 0.1) is 27.7 Å². The second-order valence-electron chi connectivity index (χ2n) is 7.00. The van der Waals surface area contributed by atoms with Crippen molar-refractivity contribution in [3.05, 3.63) is 106 Å². The summed E-state index contributed by atoms with van der Waals surface area (Å²) in [5.41, 5.74) is 7.49. The lowest BCUT2D eigenvalue weighted by atomic mass is 9.93. The summed E-state index contributed by atoms with van der Waals surface area (Å²) in [7, 11) is 0. The maximum Gasteiger partial charge on any atom is 0.252 e. The van der Waals surface area contributed by atoms with Gasteiger partial charge in [-0.05, 0) is 56.0 Å². The van der Waals surface area contributed by atoms with Crippen LogP contribution in [0.1, 0.15) is 49.8 Å². The van der Waals surface area contributed by atoms with Gasteiger partial charge in [0.05, 0.1) is 6.04 Å². The first-order chi connectivity index (χ1) is 12.5. The highest BCUT2D eigenvalue weighted by Gasteiger charge is 2.20. The van der Waals surface area contributed by atoms with Crippen LogP contribution in [0.3, 0.4) is 0 Å². The van der Waals surface area contributed by atoms with E-state index >= 15 is 0 Å². The molecule has 0 saturated heterocycles. The third-order valence-electron chi connectivity index (χ3n) is 4.77. The van der Waals surface area contributed by atoms with Crippen molar-refractivity contribution in [3.8, 4) is 0 Å².